The average molecular weight is 220 g/mol. The summed E-state index contributed by atoms with van der Waals surface area (Å²) in [4.78, 5) is 0. The number of methoxy groups -OCH3 is 1. The Balaban J connectivity index is 3.17. The van der Waals surface area contributed by atoms with Gasteiger partial charge in [0.15, 0.2) is 0 Å². The third-order valence-electron chi connectivity index (χ3n) is 2.48. The molecule has 0 aliphatic rings. The van der Waals surface area contributed by atoms with Gasteiger partial charge in [0.2, 0.25) is 0 Å². The number of benzene rings is 1. The van der Waals surface area contributed by atoms with Gasteiger partial charge < -0.3 is 9.84 Å². The Morgan fingerprint density at radius 1 is 1.38 bits per heavy atom. The third kappa shape index (κ3) is 3.11. The van der Waals surface area contributed by atoms with Crippen molar-refractivity contribution in [1.82, 2.24) is 0 Å². The summed E-state index contributed by atoms with van der Waals surface area (Å²) in [5, 5.41) is 9.08. The van der Waals surface area contributed by atoms with Gasteiger partial charge in [-0.1, -0.05) is 39.0 Å². The number of hydrogen-bond acceptors (Lipinski definition) is 2. The second-order valence-corrected chi connectivity index (χ2v) is 4.78. The van der Waals surface area contributed by atoms with E-state index in [2.05, 4.69) is 20.8 Å². The molecule has 0 saturated heterocycles. The van der Waals surface area contributed by atoms with Crippen LogP contribution in [-0.4, -0.2) is 18.8 Å². The molecule has 0 amide bonds. The van der Waals surface area contributed by atoms with Crippen molar-refractivity contribution in [2.45, 2.75) is 20.8 Å². The van der Waals surface area contributed by atoms with Crippen LogP contribution in [0.1, 0.15) is 26.3 Å². The van der Waals surface area contributed by atoms with Gasteiger partial charge in [-0.15, -0.1) is 0 Å². The van der Waals surface area contributed by atoms with E-state index in [1.807, 2.05) is 30.3 Å². The topological polar surface area (TPSA) is 29.5 Å². The smallest absolute Gasteiger partial charge is 0.119 e. The van der Waals surface area contributed by atoms with Crippen LogP contribution in [0.2, 0.25) is 0 Å². The Hall–Kier alpha value is -1.28. The molecule has 0 aliphatic heterocycles. The SMILES string of the molecule is COc1cccc(/C(=C\CO)C(C)(C)C)c1. The van der Waals surface area contributed by atoms with E-state index in [1.165, 1.54) is 0 Å². The van der Waals surface area contributed by atoms with E-state index in [0.29, 0.717) is 0 Å². The Morgan fingerprint density at radius 2 is 2.06 bits per heavy atom. The molecule has 1 aromatic carbocycles. The fourth-order valence-electron chi connectivity index (χ4n) is 1.74. The van der Waals surface area contributed by atoms with E-state index >= 15 is 0 Å². The molecule has 0 spiro atoms. The minimum atomic E-state index is 0.00902. The number of aliphatic hydroxyl groups excluding tert-OH is 1. The summed E-state index contributed by atoms with van der Waals surface area (Å²) in [6.07, 6.45) is 1.86. The molecule has 1 aromatic rings. The van der Waals surface area contributed by atoms with Gasteiger partial charge in [0.1, 0.15) is 5.75 Å². The van der Waals surface area contributed by atoms with Crippen molar-refractivity contribution in [2.75, 3.05) is 13.7 Å². The van der Waals surface area contributed by atoms with Crippen LogP contribution in [0, 0.1) is 5.41 Å². The lowest BCUT2D eigenvalue weighted by molar-refractivity contribution is 0.341. The molecule has 16 heavy (non-hydrogen) atoms. The molecule has 0 heterocycles. The molecule has 1 rings (SSSR count). The molecule has 88 valence electrons. The van der Waals surface area contributed by atoms with Gasteiger partial charge in [0.25, 0.3) is 0 Å². The summed E-state index contributed by atoms with van der Waals surface area (Å²) >= 11 is 0. The van der Waals surface area contributed by atoms with Crippen LogP contribution < -0.4 is 4.74 Å². The molecule has 2 heteroatoms. The van der Waals surface area contributed by atoms with E-state index in [9.17, 15) is 0 Å². The number of aliphatic hydroxyl groups is 1. The zero-order chi connectivity index (χ0) is 12.2. The zero-order valence-corrected chi connectivity index (χ0v) is 10.4. The van der Waals surface area contributed by atoms with E-state index in [0.717, 1.165) is 16.9 Å². The Bertz CT molecular complexity index is 373. The molecule has 0 bridgehead atoms. The van der Waals surface area contributed by atoms with Crippen molar-refractivity contribution in [3.8, 4) is 5.75 Å². The first-order chi connectivity index (χ1) is 7.49. The summed E-state index contributed by atoms with van der Waals surface area (Å²) < 4.78 is 5.21. The number of allylic oxidation sites excluding steroid dienone is 1. The second kappa shape index (κ2) is 5.17. The maximum atomic E-state index is 9.08. The molecular weight excluding hydrogens is 200 g/mol. The highest BCUT2D eigenvalue weighted by Crippen LogP contribution is 2.34. The van der Waals surface area contributed by atoms with Gasteiger partial charge in [-0.2, -0.15) is 0 Å². The summed E-state index contributed by atoms with van der Waals surface area (Å²) in [5.41, 5.74) is 2.24. The monoisotopic (exact) mass is 220 g/mol. The quantitative estimate of drug-likeness (QED) is 0.848. The minimum Gasteiger partial charge on any atom is -0.497 e. The highest BCUT2D eigenvalue weighted by molar-refractivity contribution is 5.70. The predicted molar refractivity (Wildman–Crippen MR) is 67.5 cm³/mol. The number of ether oxygens (including phenoxy) is 1. The molecule has 0 aliphatic carbocycles. The molecule has 0 saturated carbocycles. The standard InChI is InChI=1S/C14H20O2/c1-14(2,3)13(8-9-15)11-6-5-7-12(10-11)16-4/h5-8,10,15H,9H2,1-4H3/b13-8+. The Morgan fingerprint density at radius 3 is 2.56 bits per heavy atom. The van der Waals surface area contributed by atoms with E-state index in [-0.39, 0.29) is 12.0 Å². The van der Waals surface area contributed by atoms with Crippen molar-refractivity contribution >= 4 is 5.57 Å². The van der Waals surface area contributed by atoms with E-state index in [1.54, 1.807) is 7.11 Å². The van der Waals surface area contributed by atoms with Crippen molar-refractivity contribution < 1.29 is 9.84 Å². The minimum absolute atomic E-state index is 0.00902. The van der Waals surface area contributed by atoms with Crippen LogP contribution in [0.3, 0.4) is 0 Å². The molecule has 0 fully saturated rings. The van der Waals surface area contributed by atoms with Crippen molar-refractivity contribution in [2.24, 2.45) is 5.41 Å². The fourth-order valence-corrected chi connectivity index (χ4v) is 1.74. The molecule has 2 nitrogen and oxygen atoms in total. The van der Waals surface area contributed by atoms with Gasteiger partial charge in [-0.3, -0.25) is 0 Å². The van der Waals surface area contributed by atoms with Crippen molar-refractivity contribution in [1.29, 1.82) is 0 Å². The molecular formula is C14H20O2. The first-order valence-electron chi connectivity index (χ1n) is 5.45. The zero-order valence-electron chi connectivity index (χ0n) is 10.4. The highest BCUT2D eigenvalue weighted by Gasteiger charge is 2.18. The first-order valence-corrected chi connectivity index (χ1v) is 5.45. The average Bonchev–Trinajstić information content (AvgIpc) is 2.24. The molecule has 0 atom stereocenters. The highest BCUT2D eigenvalue weighted by atomic mass is 16.5. The lowest BCUT2D eigenvalue weighted by atomic mass is 9.82. The normalized spacial score (nSPS) is 12.7. The van der Waals surface area contributed by atoms with Crippen molar-refractivity contribution in [3.05, 3.63) is 35.9 Å². The van der Waals surface area contributed by atoms with Crippen LogP contribution >= 0.6 is 0 Å². The molecule has 0 aromatic heterocycles. The van der Waals surface area contributed by atoms with Crippen LogP contribution in [0.15, 0.2) is 30.3 Å². The maximum Gasteiger partial charge on any atom is 0.119 e. The van der Waals surface area contributed by atoms with Crippen LogP contribution in [0.4, 0.5) is 0 Å². The molecule has 0 unspecified atom stereocenters. The number of hydrogen-bond donors (Lipinski definition) is 1. The Kier molecular flexibility index (Phi) is 4.13. The maximum absolute atomic E-state index is 9.08. The summed E-state index contributed by atoms with van der Waals surface area (Å²) in [5.74, 6) is 0.839. The largest absolute Gasteiger partial charge is 0.497 e. The van der Waals surface area contributed by atoms with Gasteiger partial charge in [0, 0.05) is 0 Å². The first kappa shape index (κ1) is 12.8. The second-order valence-electron chi connectivity index (χ2n) is 4.78. The summed E-state index contributed by atoms with van der Waals surface area (Å²) in [6.45, 7) is 6.46. The Labute approximate surface area is 97.6 Å². The lowest BCUT2D eigenvalue weighted by Gasteiger charge is -2.23. The predicted octanol–water partition coefficient (Wildman–Crippen LogP) is 3.12. The van der Waals surface area contributed by atoms with Crippen LogP contribution in [-0.2, 0) is 0 Å². The van der Waals surface area contributed by atoms with Gasteiger partial charge in [0.05, 0.1) is 13.7 Å². The lowest BCUT2D eigenvalue weighted by Crippen LogP contribution is -2.09. The molecule has 1 N–H and O–H groups in total. The van der Waals surface area contributed by atoms with Crippen molar-refractivity contribution in [3.63, 3.8) is 0 Å². The van der Waals surface area contributed by atoms with E-state index < -0.39 is 0 Å². The summed E-state index contributed by atoms with van der Waals surface area (Å²) in [7, 11) is 1.66. The number of rotatable bonds is 3. The third-order valence-corrected chi connectivity index (χ3v) is 2.48. The molecule has 0 radical (unpaired) electrons. The summed E-state index contributed by atoms with van der Waals surface area (Å²) in [6, 6.07) is 7.91. The fraction of sp³-hybridized carbons (Fsp3) is 0.429. The van der Waals surface area contributed by atoms with Gasteiger partial charge in [-0.05, 0) is 28.7 Å². The van der Waals surface area contributed by atoms with Gasteiger partial charge in [-0.25, -0.2) is 0 Å². The van der Waals surface area contributed by atoms with Crippen LogP contribution in [0.5, 0.6) is 5.75 Å². The van der Waals surface area contributed by atoms with Crippen LogP contribution in [0.25, 0.3) is 5.57 Å². The van der Waals surface area contributed by atoms with Gasteiger partial charge >= 0.3 is 0 Å². The van der Waals surface area contributed by atoms with E-state index in [4.69, 9.17) is 9.84 Å².